The van der Waals surface area contributed by atoms with Crippen molar-refractivity contribution in [2.75, 3.05) is 13.1 Å². The maximum Gasteiger partial charge on any atom is 0.407 e. The molecule has 1 saturated heterocycles. The van der Waals surface area contributed by atoms with Gasteiger partial charge in [-0.15, -0.1) is 0 Å². The van der Waals surface area contributed by atoms with Crippen molar-refractivity contribution in [1.29, 1.82) is 0 Å². The van der Waals surface area contributed by atoms with Gasteiger partial charge >= 0.3 is 6.09 Å². The molecule has 1 fully saturated rings. The van der Waals surface area contributed by atoms with E-state index in [-0.39, 0.29) is 11.9 Å². The fourth-order valence-corrected chi connectivity index (χ4v) is 2.64. The normalized spacial score (nSPS) is 17.5. The Morgan fingerprint density at radius 2 is 2.00 bits per heavy atom. The maximum atomic E-state index is 12.4. The molecule has 2 rings (SSSR count). The first-order valence-corrected chi connectivity index (χ1v) is 8.25. The minimum absolute atomic E-state index is 0.0491. The van der Waals surface area contributed by atoms with Crippen LogP contribution in [0, 0.1) is 0 Å². The van der Waals surface area contributed by atoms with E-state index in [0.29, 0.717) is 19.5 Å². The molecule has 1 N–H and O–H groups in total. The second kappa shape index (κ2) is 7.51. The standard InChI is InChI=1S/C19H26N2O3/c1-5-14-6-8-15(9-7-14)12-17(22)21-11-10-16(13-21)20-18(23)24-19(2,3)4/h5-9,16H,1,10-13H2,2-4H3,(H,20,23). The zero-order chi connectivity index (χ0) is 17.7. The van der Waals surface area contributed by atoms with E-state index < -0.39 is 11.7 Å². The van der Waals surface area contributed by atoms with Crippen molar-refractivity contribution in [1.82, 2.24) is 10.2 Å². The summed E-state index contributed by atoms with van der Waals surface area (Å²) in [6.45, 7) is 10.4. The average Bonchev–Trinajstić information content (AvgIpc) is 2.94. The van der Waals surface area contributed by atoms with Crippen LogP contribution in [-0.4, -0.2) is 41.6 Å². The van der Waals surface area contributed by atoms with E-state index in [1.54, 1.807) is 11.0 Å². The zero-order valence-corrected chi connectivity index (χ0v) is 14.7. The van der Waals surface area contributed by atoms with Gasteiger partial charge in [0.2, 0.25) is 5.91 Å². The minimum atomic E-state index is -0.518. The molecule has 130 valence electrons. The van der Waals surface area contributed by atoms with Crippen LogP contribution in [0.5, 0.6) is 0 Å². The molecule has 0 radical (unpaired) electrons. The van der Waals surface area contributed by atoms with Crippen LogP contribution in [0.25, 0.3) is 6.08 Å². The number of rotatable bonds is 4. The van der Waals surface area contributed by atoms with Gasteiger partial charge in [-0.25, -0.2) is 4.79 Å². The van der Waals surface area contributed by atoms with Gasteiger partial charge in [0, 0.05) is 13.1 Å². The summed E-state index contributed by atoms with van der Waals surface area (Å²) in [5, 5.41) is 2.83. The van der Waals surface area contributed by atoms with Crippen LogP contribution in [0.1, 0.15) is 38.3 Å². The predicted molar refractivity (Wildman–Crippen MR) is 94.6 cm³/mol. The van der Waals surface area contributed by atoms with Gasteiger partial charge in [0.25, 0.3) is 0 Å². The highest BCUT2D eigenvalue weighted by molar-refractivity contribution is 5.79. The SMILES string of the molecule is C=Cc1ccc(CC(=O)N2CCC(NC(=O)OC(C)(C)C)C2)cc1. The Labute approximate surface area is 143 Å². The molecule has 1 aromatic rings. The van der Waals surface area contributed by atoms with Crippen LogP contribution >= 0.6 is 0 Å². The number of nitrogens with one attached hydrogen (secondary N) is 1. The number of carbonyl (C=O) groups is 2. The third-order valence-electron chi connectivity index (χ3n) is 3.83. The number of hydrogen-bond acceptors (Lipinski definition) is 3. The number of likely N-dealkylation sites (tertiary alicyclic amines) is 1. The van der Waals surface area contributed by atoms with E-state index in [0.717, 1.165) is 17.5 Å². The number of alkyl carbamates (subject to hydrolysis) is 1. The van der Waals surface area contributed by atoms with E-state index in [9.17, 15) is 9.59 Å². The lowest BCUT2D eigenvalue weighted by atomic mass is 10.1. The monoisotopic (exact) mass is 330 g/mol. The molecule has 0 saturated carbocycles. The Balaban J connectivity index is 1.82. The number of nitrogens with zero attached hydrogens (tertiary/aromatic N) is 1. The summed E-state index contributed by atoms with van der Waals surface area (Å²) in [6.07, 6.45) is 2.47. The van der Waals surface area contributed by atoms with Gasteiger partial charge in [-0.2, -0.15) is 0 Å². The summed E-state index contributed by atoms with van der Waals surface area (Å²) in [5.74, 6) is 0.0786. The van der Waals surface area contributed by atoms with Gasteiger partial charge in [0.15, 0.2) is 0 Å². The molecule has 1 unspecified atom stereocenters. The first-order chi connectivity index (χ1) is 11.3. The minimum Gasteiger partial charge on any atom is -0.444 e. The molecule has 0 aromatic heterocycles. The number of amides is 2. The lowest BCUT2D eigenvalue weighted by Gasteiger charge is -2.22. The molecular weight excluding hydrogens is 304 g/mol. The molecular formula is C19H26N2O3. The molecule has 1 atom stereocenters. The number of benzene rings is 1. The summed E-state index contributed by atoms with van der Waals surface area (Å²) in [5.41, 5.74) is 1.50. The molecule has 1 aromatic carbocycles. The molecule has 24 heavy (non-hydrogen) atoms. The van der Waals surface area contributed by atoms with Crippen LogP contribution in [-0.2, 0) is 16.0 Å². The Hall–Kier alpha value is -2.30. The van der Waals surface area contributed by atoms with Crippen LogP contribution < -0.4 is 5.32 Å². The second-order valence-electron chi connectivity index (χ2n) is 7.09. The fraction of sp³-hybridized carbons (Fsp3) is 0.474. The number of hydrogen-bond donors (Lipinski definition) is 1. The molecule has 2 amide bonds. The van der Waals surface area contributed by atoms with Gasteiger partial charge in [0.1, 0.15) is 5.60 Å². The van der Waals surface area contributed by atoms with Crippen LogP contribution in [0.2, 0.25) is 0 Å². The quantitative estimate of drug-likeness (QED) is 0.923. The highest BCUT2D eigenvalue weighted by Gasteiger charge is 2.28. The molecule has 5 nitrogen and oxygen atoms in total. The summed E-state index contributed by atoms with van der Waals surface area (Å²) in [4.78, 5) is 26.0. The van der Waals surface area contributed by atoms with Crippen molar-refractivity contribution < 1.29 is 14.3 Å². The van der Waals surface area contributed by atoms with Crippen LogP contribution in [0.15, 0.2) is 30.8 Å². The Bertz CT molecular complexity index is 602. The van der Waals surface area contributed by atoms with Crippen molar-refractivity contribution in [3.05, 3.63) is 42.0 Å². The van der Waals surface area contributed by atoms with Crippen LogP contribution in [0.3, 0.4) is 0 Å². The summed E-state index contributed by atoms with van der Waals surface area (Å²) in [7, 11) is 0. The largest absolute Gasteiger partial charge is 0.444 e. The van der Waals surface area contributed by atoms with Crippen molar-refractivity contribution >= 4 is 18.1 Å². The lowest BCUT2D eigenvalue weighted by molar-refractivity contribution is -0.129. The molecule has 1 aliphatic rings. The number of carbonyl (C=O) groups excluding carboxylic acids is 2. The van der Waals surface area contributed by atoms with Gasteiger partial charge in [0.05, 0.1) is 12.5 Å². The molecule has 1 heterocycles. The van der Waals surface area contributed by atoms with Crippen molar-refractivity contribution in [3.63, 3.8) is 0 Å². The molecule has 5 heteroatoms. The molecule has 1 aliphatic heterocycles. The Morgan fingerprint density at radius 3 is 2.58 bits per heavy atom. The smallest absolute Gasteiger partial charge is 0.407 e. The van der Waals surface area contributed by atoms with Crippen molar-refractivity contribution in [3.8, 4) is 0 Å². The van der Waals surface area contributed by atoms with E-state index in [2.05, 4.69) is 11.9 Å². The summed E-state index contributed by atoms with van der Waals surface area (Å²) < 4.78 is 5.25. The topological polar surface area (TPSA) is 58.6 Å². The van der Waals surface area contributed by atoms with E-state index in [1.807, 2.05) is 45.0 Å². The highest BCUT2D eigenvalue weighted by atomic mass is 16.6. The van der Waals surface area contributed by atoms with Gasteiger partial charge in [-0.3, -0.25) is 4.79 Å². The van der Waals surface area contributed by atoms with Crippen molar-refractivity contribution in [2.24, 2.45) is 0 Å². The van der Waals surface area contributed by atoms with Gasteiger partial charge in [-0.1, -0.05) is 36.9 Å². The first kappa shape index (κ1) is 18.0. The zero-order valence-electron chi connectivity index (χ0n) is 14.7. The van der Waals surface area contributed by atoms with Crippen LogP contribution in [0.4, 0.5) is 4.79 Å². The highest BCUT2D eigenvalue weighted by Crippen LogP contribution is 2.14. The third kappa shape index (κ3) is 5.41. The lowest BCUT2D eigenvalue weighted by Crippen LogP contribution is -2.41. The molecule has 0 bridgehead atoms. The third-order valence-corrected chi connectivity index (χ3v) is 3.83. The Kier molecular flexibility index (Phi) is 5.65. The van der Waals surface area contributed by atoms with E-state index in [4.69, 9.17) is 4.74 Å². The first-order valence-electron chi connectivity index (χ1n) is 8.25. The second-order valence-corrected chi connectivity index (χ2v) is 7.09. The van der Waals surface area contributed by atoms with Gasteiger partial charge < -0.3 is 15.0 Å². The van der Waals surface area contributed by atoms with E-state index >= 15 is 0 Å². The predicted octanol–water partition coefficient (Wildman–Crippen LogP) is 3.00. The number of ether oxygens (including phenoxy) is 1. The average molecular weight is 330 g/mol. The van der Waals surface area contributed by atoms with Crippen molar-refractivity contribution in [2.45, 2.75) is 45.3 Å². The summed E-state index contributed by atoms with van der Waals surface area (Å²) >= 11 is 0. The molecule has 0 spiro atoms. The van der Waals surface area contributed by atoms with Gasteiger partial charge in [-0.05, 0) is 38.3 Å². The summed E-state index contributed by atoms with van der Waals surface area (Å²) in [6, 6.07) is 7.74. The van der Waals surface area contributed by atoms with E-state index in [1.165, 1.54) is 0 Å². The maximum absolute atomic E-state index is 12.4. The molecule has 0 aliphatic carbocycles. The fourth-order valence-electron chi connectivity index (χ4n) is 2.64. The Morgan fingerprint density at radius 1 is 1.33 bits per heavy atom.